The molecule has 0 saturated heterocycles. The fraction of sp³-hybridized carbons (Fsp3) is 0.160. The van der Waals surface area contributed by atoms with E-state index in [1.807, 2.05) is 60.7 Å². The van der Waals surface area contributed by atoms with Crippen LogP contribution in [0, 0.1) is 0 Å². The first-order valence-corrected chi connectivity index (χ1v) is 10.4. The van der Waals surface area contributed by atoms with Gasteiger partial charge in [0.15, 0.2) is 17.2 Å². The molecule has 1 unspecified atom stereocenters. The molecule has 4 aromatic rings. The number of carbonyl (C=O) groups is 1. The summed E-state index contributed by atoms with van der Waals surface area (Å²) in [7, 11) is 0. The van der Waals surface area contributed by atoms with Crippen molar-refractivity contribution in [1.82, 2.24) is 4.57 Å². The first-order valence-electron chi connectivity index (χ1n) is 10.4. The summed E-state index contributed by atoms with van der Waals surface area (Å²) >= 11 is 0. The quantitative estimate of drug-likeness (QED) is 0.452. The molecule has 0 bridgehead atoms. The van der Waals surface area contributed by atoms with Crippen LogP contribution in [0.5, 0.6) is 17.4 Å². The highest BCUT2D eigenvalue weighted by Gasteiger charge is 2.27. The van der Waals surface area contributed by atoms with Gasteiger partial charge in [-0.05, 0) is 30.2 Å². The number of amides is 1. The van der Waals surface area contributed by atoms with E-state index in [9.17, 15) is 9.90 Å². The van der Waals surface area contributed by atoms with Gasteiger partial charge in [-0.15, -0.1) is 10.2 Å². The number of rotatable bonds is 5. The third-order valence-electron chi connectivity index (χ3n) is 5.42. The highest BCUT2D eigenvalue weighted by atomic mass is 16.6. The van der Waals surface area contributed by atoms with E-state index in [1.54, 1.807) is 22.8 Å². The molecule has 1 amide bonds. The molecule has 1 aliphatic rings. The lowest BCUT2D eigenvalue weighted by atomic mass is 10.1. The van der Waals surface area contributed by atoms with Crippen molar-refractivity contribution >= 4 is 22.5 Å². The van der Waals surface area contributed by atoms with Crippen molar-refractivity contribution in [3.05, 3.63) is 84.4 Å². The van der Waals surface area contributed by atoms with Gasteiger partial charge in [0.05, 0.1) is 5.52 Å². The Labute approximate surface area is 184 Å². The number of hydrogen-bond donors (Lipinski definition) is 1. The van der Waals surface area contributed by atoms with Crippen molar-refractivity contribution in [2.24, 2.45) is 10.2 Å². The Kier molecular flexibility index (Phi) is 5.29. The van der Waals surface area contributed by atoms with Gasteiger partial charge in [0.25, 0.3) is 0 Å². The Morgan fingerprint density at radius 3 is 2.53 bits per heavy atom. The standard InChI is InChI=1S/C25H21N3O4/c29-24(22-16-31-20-12-6-7-13-21(20)32-22)27-26-23-18-10-4-5-11-19(18)28(25(23)30)15-14-17-8-2-1-3-9-17/h1-13,22,30H,14-16H2. The van der Waals surface area contributed by atoms with Gasteiger partial charge in [-0.1, -0.05) is 60.7 Å². The van der Waals surface area contributed by atoms with Gasteiger partial charge in [-0.3, -0.25) is 4.79 Å². The second-order valence-electron chi connectivity index (χ2n) is 7.48. The molecule has 0 saturated carbocycles. The number of aromatic hydroxyl groups is 1. The maximum absolute atomic E-state index is 12.6. The highest BCUT2D eigenvalue weighted by molar-refractivity contribution is 5.95. The molecule has 1 aliphatic heterocycles. The fourth-order valence-corrected chi connectivity index (χ4v) is 3.79. The Morgan fingerprint density at radius 2 is 1.69 bits per heavy atom. The Morgan fingerprint density at radius 1 is 0.969 bits per heavy atom. The molecule has 1 atom stereocenters. The molecule has 0 spiro atoms. The molecule has 160 valence electrons. The number of aromatic nitrogens is 1. The van der Waals surface area contributed by atoms with Crippen LogP contribution in [0.4, 0.5) is 5.69 Å². The minimum atomic E-state index is -0.887. The van der Waals surface area contributed by atoms with Crippen LogP contribution in [-0.2, 0) is 17.8 Å². The number of carbonyl (C=O) groups excluding carboxylic acids is 1. The molecule has 0 aliphatic carbocycles. The zero-order valence-corrected chi connectivity index (χ0v) is 17.2. The lowest BCUT2D eigenvalue weighted by Gasteiger charge is -2.23. The van der Waals surface area contributed by atoms with Crippen molar-refractivity contribution in [2.75, 3.05) is 6.61 Å². The largest absolute Gasteiger partial charge is 0.493 e. The maximum Gasteiger partial charge on any atom is 0.308 e. The molecule has 7 heteroatoms. The first kappa shape index (κ1) is 19.8. The van der Waals surface area contributed by atoms with Crippen molar-refractivity contribution in [3.63, 3.8) is 0 Å². The third kappa shape index (κ3) is 3.80. The van der Waals surface area contributed by atoms with Gasteiger partial charge in [-0.2, -0.15) is 0 Å². The average Bonchev–Trinajstić information content (AvgIpc) is 3.12. The molecular formula is C25H21N3O4. The summed E-state index contributed by atoms with van der Waals surface area (Å²) in [5, 5.41) is 19.6. The Bertz CT molecular complexity index is 1300. The topological polar surface area (TPSA) is 85.4 Å². The van der Waals surface area contributed by atoms with E-state index >= 15 is 0 Å². The van der Waals surface area contributed by atoms with E-state index in [2.05, 4.69) is 10.2 Å². The van der Waals surface area contributed by atoms with Crippen LogP contribution in [0.25, 0.3) is 10.9 Å². The van der Waals surface area contributed by atoms with E-state index in [0.29, 0.717) is 18.0 Å². The SMILES string of the molecule is O=C(N=Nc1c(O)n(CCc2ccccc2)c2ccccc12)C1COc2ccccc2O1. The second kappa shape index (κ2) is 8.55. The third-order valence-corrected chi connectivity index (χ3v) is 5.42. The molecule has 0 radical (unpaired) electrons. The van der Waals surface area contributed by atoms with E-state index in [4.69, 9.17) is 9.47 Å². The summed E-state index contributed by atoms with van der Waals surface area (Å²) in [5.74, 6) is 0.491. The zero-order valence-electron chi connectivity index (χ0n) is 17.2. The van der Waals surface area contributed by atoms with Crippen LogP contribution in [0.2, 0.25) is 0 Å². The molecule has 1 aromatic heterocycles. The molecule has 0 fully saturated rings. The van der Waals surface area contributed by atoms with Gasteiger partial charge in [0.2, 0.25) is 12.0 Å². The fourth-order valence-electron chi connectivity index (χ4n) is 3.79. The smallest absolute Gasteiger partial charge is 0.308 e. The second-order valence-corrected chi connectivity index (χ2v) is 7.48. The van der Waals surface area contributed by atoms with Gasteiger partial charge in [0, 0.05) is 11.9 Å². The number of ether oxygens (including phenoxy) is 2. The number of azo groups is 1. The summed E-state index contributed by atoms with van der Waals surface area (Å²) in [6.07, 6.45) is -0.142. The first-order chi connectivity index (χ1) is 15.7. The van der Waals surface area contributed by atoms with Gasteiger partial charge in [-0.25, -0.2) is 0 Å². The monoisotopic (exact) mass is 427 g/mol. The molecule has 1 N–H and O–H groups in total. The molecule has 7 nitrogen and oxygen atoms in total. The summed E-state index contributed by atoms with van der Waals surface area (Å²) in [6, 6.07) is 24.7. The van der Waals surface area contributed by atoms with Crippen molar-refractivity contribution in [2.45, 2.75) is 19.1 Å². The average molecular weight is 427 g/mol. The highest BCUT2D eigenvalue weighted by Crippen LogP contribution is 2.39. The minimum absolute atomic E-state index is 0.0233. The van der Waals surface area contributed by atoms with Crippen molar-refractivity contribution < 1.29 is 19.4 Å². The minimum Gasteiger partial charge on any atom is -0.493 e. The number of para-hydroxylation sites is 3. The lowest BCUT2D eigenvalue weighted by Crippen LogP contribution is -2.35. The maximum atomic E-state index is 12.6. The van der Waals surface area contributed by atoms with E-state index in [-0.39, 0.29) is 18.2 Å². The van der Waals surface area contributed by atoms with Gasteiger partial charge in [0.1, 0.15) is 6.61 Å². The van der Waals surface area contributed by atoms with Crippen LogP contribution in [0.3, 0.4) is 0 Å². The predicted octanol–water partition coefficient (Wildman–Crippen LogP) is 5.04. The van der Waals surface area contributed by atoms with Crippen LogP contribution in [0.1, 0.15) is 5.56 Å². The summed E-state index contributed by atoms with van der Waals surface area (Å²) in [5.41, 5.74) is 2.26. The summed E-state index contributed by atoms with van der Waals surface area (Å²) in [6.45, 7) is 0.621. The van der Waals surface area contributed by atoms with Crippen LogP contribution in [-0.4, -0.2) is 28.3 Å². The van der Waals surface area contributed by atoms with Crippen LogP contribution >= 0.6 is 0 Å². The number of fused-ring (bicyclic) bond motifs is 2. The molecular weight excluding hydrogens is 406 g/mol. The van der Waals surface area contributed by atoms with E-state index in [1.165, 1.54) is 0 Å². The van der Waals surface area contributed by atoms with Gasteiger partial charge >= 0.3 is 5.91 Å². The van der Waals surface area contributed by atoms with Crippen molar-refractivity contribution in [3.8, 4) is 17.4 Å². The Balaban J connectivity index is 1.39. The number of benzene rings is 3. The normalized spacial score (nSPS) is 15.3. The summed E-state index contributed by atoms with van der Waals surface area (Å²) < 4.78 is 13.1. The molecule has 2 heterocycles. The van der Waals surface area contributed by atoms with E-state index < -0.39 is 12.0 Å². The zero-order chi connectivity index (χ0) is 21.9. The van der Waals surface area contributed by atoms with Crippen LogP contribution in [0.15, 0.2) is 89.1 Å². The van der Waals surface area contributed by atoms with Crippen LogP contribution < -0.4 is 9.47 Å². The Hall–Kier alpha value is -4.13. The number of hydrogen-bond acceptors (Lipinski definition) is 5. The molecule has 3 aromatic carbocycles. The van der Waals surface area contributed by atoms with Crippen molar-refractivity contribution in [1.29, 1.82) is 0 Å². The molecule has 5 rings (SSSR count). The van der Waals surface area contributed by atoms with E-state index in [0.717, 1.165) is 22.9 Å². The van der Waals surface area contributed by atoms with Gasteiger partial charge < -0.3 is 19.1 Å². The predicted molar refractivity (Wildman–Crippen MR) is 120 cm³/mol. The lowest BCUT2D eigenvalue weighted by molar-refractivity contribution is -0.127. The molecule has 32 heavy (non-hydrogen) atoms. The summed E-state index contributed by atoms with van der Waals surface area (Å²) in [4.78, 5) is 12.6. The number of nitrogens with zero attached hydrogens (tertiary/aromatic N) is 3. The number of aryl methyl sites for hydroxylation is 2.